The summed E-state index contributed by atoms with van der Waals surface area (Å²) in [4.78, 5) is 18.6. The van der Waals surface area contributed by atoms with Gasteiger partial charge in [-0.2, -0.15) is 0 Å². The normalized spacial score (nSPS) is 10.6. The number of hydrogen-bond donors (Lipinski definition) is 0. The van der Waals surface area contributed by atoms with Gasteiger partial charge in [0.1, 0.15) is 5.75 Å². The molecular formula is C14H21BrN2O2. The van der Waals surface area contributed by atoms with Gasteiger partial charge in [0.25, 0.3) is 5.91 Å². The largest absolute Gasteiger partial charge is 0.494 e. The maximum Gasteiger partial charge on any atom is 0.258 e. The van der Waals surface area contributed by atoms with E-state index in [9.17, 15) is 4.79 Å². The maximum absolute atomic E-state index is 12.7. The van der Waals surface area contributed by atoms with Gasteiger partial charge in [-0.05, 0) is 18.9 Å². The van der Waals surface area contributed by atoms with E-state index >= 15 is 0 Å². The lowest BCUT2D eigenvalue weighted by atomic mass is 10.1. The molecule has 1 aromatic heterocycles. The molecular weight excluding hydrogens is 308 g/mol. The van der Waals surface area contributed by atoms with Crippen LogP contribution in [0.3, 0.4) is 0 Å². The number of pyridine rings is 1. The van der Waals surface area contributed by atoms with E-state index in [0.717, 1.165) is 18.2 Å². The number of carbonyl (C=O) groups excluding carboxylic acids is 1. The molecule has 106 valence electrons. The average molecular weight is 329 g/mol. The Morgan fingerprint density at radius 1 is 1.47 bits per heavy atom. The van der Waals surface area contributed by atoms with Crippen LogP contribution in [-0.4, -0.2) is 40.8 Å². The second-order valence-corrected chi connectivity index (χ2v) is 5.03. The smallest absolute Gasteiger partial charge is 0.258 e. The fourth-order valence-corrected chi connectivity index (χ4v) is 2.53. The van der Waals surface area contributed by atoms with E-state index in [0.29, 0.717) is 17.9 Å². The summed E-state index contributed by atoms with van der Waals surface area (Å²) in [5.41, 5.74) is 0.574. The van der Waals surface area contributed by atoms with Crippen LogP contribution >= 0.6 is 15.9 Å². The lowest BCUT2D eigenvalue weighted by Gasteiger charge is -2.30. The van der Waals surface area contributed by atoms with Crippen molar-refractivity contribution < 1.29 is 9.53 Å². The monoisotopic (exact) mass is 328 g/mol. The predicted molar refractivity (Wildman–Crippen MR) is 80.0 cm³/mol. The third-order valence-corrected chi connectivity index (χ3v) is 3.56. The molecule has 0 aliphatic rings. The predicted octanol–water partition coefficient (Wildman–Crippen LogP) is 3.12. The lowest BCUT2D eigenvalue weighted by molar-refractivity contribution is 0.0679. The van der Waals surface area contributed by atoms with E-state index in [1.165, 1.54) is 0 Å². The molecule has 1 rings (SSSR count). The number of amides is 1. The summed E-state index contributed by atoms with van der Waals surface area (Å²) in [5.74, 6) is 0.533. The van der Waals surface area contributed by atoms with Gasteiger partial charge in [-0.25, -0.2) is 0 Å². The van der Waals surface area contributed by atoms with Gasteiger partial charge in [-0.1, -0.05) is 29.8 Å². The molecule has 4 nitrogen and oxygen atoms in total. The number of rotatable bonds is 7. The average Bonchev–Trinajstić information content (AvgIpc) is 2.46. The Bertz CT molecular complexity index is 408. The molecule has 1 amide bonds. The van der Waals surface area contributed by atoms with Gasteiger partial charge in [0.2, 0.25) is 0 Å². The first-order chi connectivity index (χ1) is 9.19. The van der Waals surface area contributed by atoms with Crippen LogP contribution in [-0.2, 0) is 0 Å². The summed E-state index contributed by atoms with van der Waals surface area (Å²) in [6.45, 7) is 4.90. The maximum atomic E-state index is 12.7. The fraction of sp³-hybridized carbons (Fsp3) is 0.571. The number of aromatic nitrogens is 1. The number of ether oxygens (including phenoxy) is 1. The van der Waals surface area contributed by atoms with Crippen LogP contribution in [0.5, 0.6) is 5.75 Å². The second-order valence-electron chi connectivity index (χ2n) is 4.23. The highest BCUT2D eigenvalue weighted by atomic mass is 79.9. The second kappa shape index (κ2) is 8.15. The Hall–Kier alpha value is -1.10. The summed E-state index contributed by atoms with van der Waals surface area (Å²) >= 11 is 3.42. The van der Waals surface area contributed by atoms with E-state index in [2.05, 4.69) is 34.8 Å². The molecule has 0 radical (unpaired) electrons. The van der Waals surface area contributed by atoms with E-state index in [-0.39, 0.29) is 11.9 Å². The Kier molecular flexibility index (Phi) is 6.84. The minimum Gasteiger partial charge on any atom is -0.494 e. The highest BCUT2D eigenvalue weighted by Gasteiger charge is 2.24. The minimum absolute atomic E-state index is 0.00685. The Morgan fingerprint density at radius 3 is 2.68 bits per heavy atom. The molecule has 0 saturated heterocycles. The van der Waals surface area contributed by atoms with Gasteiger partial charge >= 0.3 is 0 Å². The van der Waals surface area contributed by atoms with Gasteiger partial charge in [-0.15, -0.1) is 0 Å². The number of hydrogen-bond acceptors (Lipinski definition) is 3. The van der Waals surface area contributed by atoms with Crippen LogP contribution < -0.4 is 4.74 Å². The standard InChI is InChI=1S/C14H21BrN2O2/c1-4-11(5-2)17(9-7-15)14(18)12-6-8-16-10-13(12)19-3/h6,8,10-11H,4-5,7,9H2,1-3H3. The zero-order valence-corrected chi connectivity index (χ0v) is 13.3. The fourth-order valence-electron chi connectivity index (χ4n) is 2.14. The van der Waals surface area contributed by atoms with Gasteiger partial charge in [-0.3, -0.25) is 9.78 Å². The molecule has 0 spiro atoms. The molecule has 5 heteroatoms. The highest BCUT2D eigenvalue weighted by Crippen LogP contribution is 2.21. The molecule has 1 heterocycles. The Morgan fingerprint density at radius 2 is 2.16 bits per heavy atom. The van der Waals surface area contributed by atoms with Crippen LogP contribution in [0.1, 0.15) is 37.0 Å². The van der Waals surface area contributed by atoms with Crippen molar-refractivity contribution in [2.24, 2.45) is 0 Å². The van der Waals surface area contributed by atoms with Crippen molar-refractivity contribution in [2.75, 3.05) is 19.0 Å². The topological polar surface area (TPSA) is 42.4 Å². The molecule has 0 bridgehead atoms. The van der Waals surface area contributed by atoms with Crippen LogP contribution in [0.4, 0.5) is 0 Å². The first-order valence-corrected chi connectivity index (χ1v) is 7.66. The molecule has 19 heavy (non-hydrogen) atoms. The Labute approximate surface area is 123 Å². The van der Waals surface area contributed by atoms with Crippen molar-refractivity contribution in [3.63, 3.8) is 0 Å². The van der Waals surface area contributed by atoms with Gasteiger partial charge < -0.3 is 9.64 Å². The first kappa shape index (κ1) is 16.0. The number of methoxy groups -OCH3 is 1. The number of carbonyl (C=O) groups is 1. The molecule has 0 unspecified atom stereocenters. The summed E-state index contributed by atoms with van der Waals surface area (Å²) in [7, 11) is 1.56. The zero-order valence-electron chi connectivity index (χ0n) is 11.7. The zero-order chi connectivity index (χ0) is 14.3. The molecule has 0 aromatic carbocycles. The van der Waals surface area contributed by atoms with Crippen LogP contribution in [0.25, 0.3) is 0 Å². The van der Waals surface area contributed by atoms with Crippen molar-refractivity contribution in [3.05, 3.63) is 24.0 Å². The molecule has 0 N–H and O–H groups in total. The van der Waals surface area contributed by atoms with Gasteiger partial charge in [0, 0.05) is 24.1 Å². The third kappa shape index (κ3) is 3.93. The quantitative estimate of drug-likeness (QED) is 0.722. The van der Waals surface area contributed by atoms with Crippen molar-refractivity contribution >= 4 is 21.8 Å². The molecule has 0 fully saturated rings. The molecule has 1 aromatic rings. The SMILES string of the molecule is CCC(CC)N(CCBr)C(=O)c1ccncc1OC. The van der Waals surface area contributed by atoms with Crippen molar-refractivity contribution in [3.8, 4) is 5.75 Å². The summed E-state index contributed by atoms with van der Waals surface area (Å²) in [6, 6.07) is 1.97. The van der Waals surface area contributed by atoms with Crippen molar-refractivity contribution in [1.29, 1.82) is 0 Å². The van der Waals surface area contributed by atoms with Gasteiger partial charge in [0.15, 0.2) is 0 Å². The van der Waals surface area contributed by atoms with Gasteiger partial charge in [0.05, 0.1) is 18.9 Å². The van der Waals surface area contributed by atoms with E-state index in [4.69, 9.17) is 4.74 Å². The number of halogens is 1. The van der Waals surface area contributed by atoms with E-state index in [1.807, 2.05) is 4.90 Å². The molecule has 0 saturated carbocycles. The summed E-state index contributed by atoms with van der Waals surface area (Å²) in [6.07, 6.45) is 5.09. The lowest BCUT2D eigenvalue weighted by Crippen LogP contribution is -2.41. The summed E-state index contributed by atoms with van der Waals surface area (Å²) < 4.78 is 5.22. The van der Waals surface area contributed by atoms with E-state index < -0.39 is 0 Å². The van der Waals surface area contributed by atoms with Crippen molar-refractivity contribution in [1.82, 2.24) is 9.88 Å². The molecule has 0 aliphatic carbocycles. The molecule has 0 aliphatic heterocycles. The number of nitrogens with zero attached hydrogens (tertiary/aromatic N) is 2. The third-order valence-electron chi connectivity index (χ3n) is 3.20. The first-order valence-electron chi connectivity index (χ1n) is 6.54. The number of alkyl halides is 1. The van der Waals surface area contributed by atoms with Crippen LogP contribution in [0, 0.1) is 0 Å². The summed E-state index contributed by atoms with van der Waals surface area (Å²) in [5, 5.41) is 0.767. The van der Waals surface area contributed by atoms with Crippen LogP contribution in [0.15, 0.2) is 18.5 Å². The van der Waals surface area contributed by atoms with Crippen molar-refractivity contribution in [2.45, 2.75) is 32.7 Å². The van der Waals surface area contributed by atoms with Crippen LogP contribution in [0.2, 0.25) is 0 Å². The minimum atomic E-state index is 0.00685. The highest BCUT2D eigenvalue weighted by molar-refractivity contribution is 9.09. The van der Waals surface area contributed by atoms with E-state index in [1.54, 1.807) is 25.6 Å². The molecule has 0 atom stereocenters. The Balaban J connectivity index is 3.04.